The minimum absolute atomic E-state index is 0.312. The topological polar surface area (TPSA) is 53.2 Å². The van der Waals surface area contributed by atoms with E-state index in [0.29, 0.717) is 21.6 Å². The molecule has 0 fully saturated rings. The van der Waals surface area contributed by atoms with E-state index in [0.717, 1.165) is 13.0 Å². The average molecular weight is 342 g/mol. The Morgan fingerprint density at radius 2 is 2.00 bits per heavy atom. The highest BCUT2D eigenvalue weighted by atomic mass is 35.5. The van der Waals surface area contributed by atoms with Crippen molar-refractivity contribution in [1.29, 1.82) is 0 Å². The number of hydrogen-bond acceptors (Lipinski definition) is 2. The van der Waals surface area contributed by atoms with E-state index < -0.39 is 0 Å². The number of benzene rings is 1. The SMILES string of the molecule is CCCC[C@@H](CC)CNC(=S)NNC(=O)c1ccccc1Cl. The number of unbranched alkanes of at least 4 members (excludes halogenated alkanes) is 1. The third kappa shape index (κ3) is 6.62. The van der Waals surface area contributed by atoms with Gasteiger partial charge in [-0.2, -0.15) is 0 Å². The van der Waals surface area contributed by atoms with Gasteiger partial charge >= 0.3 is 0 Å². The van der Waals surface area contributed by atoms with Gasteiger partial charge < -0.3 is 5.32 Å². The molecule has 0 heterocycles. The van der Waals surface area contributed by atoms with Gasteiger partial charge in [0.15, 0.2) is 5.11 Å². The second-order valence-corrected chi connectivity index (χ2v) is 6.00. The lowest BCUT2D eigenvalue weighted by Crippen LogP contribution is -2.47. The maximum atomic E-state index is 12.0. The van der Waals surface area contributed by atoms with Crippen molar-refractivity contribution in [2.45, 2.75) is 39.5 Å². The number of carbonyl (C=O) groups excluding carboxylic acids is 1. The lowest BCUT2D eigenvalue weighted by molar-refractivity contribution is 0.0944. The lowest BCUT2D eigenvalue weighted by Gasteiger charge is -2.17. The molecular formula is C16H24ClN3OS. The Bertz CT molecular complexity index is 496. The fourth-order valence-electron chi connectivity index (χ4n) is 2.05. The van der Waals surface area contributed by atoms with Gasteiger partial charge in [0.25, 0.3) is 5.91 Å². The summed E-state index contributed by atoms with van der Waals surface area (Å²) in [5.74, 6) is 0.284. The Morgan fingerprint density at radius 3 is 2.64 bits per heavy atom. The maximum absolute atomic E-state index is 12.0. The lowest BCUT2D eigenvalue weighted by atomic mass is 9.99. The minimum Gasteiger partial charge on any atom is -0.361 e. The fraction of sp³-hybridized carbons (Fsp3) is 0.500. The maximum Gasteiger partial charge on any atom is 0.271 e. The van der Waals surface area contributed by atoms with Crippen molar-refractivity contribution in [2.24, 2.45) is 5.92 Å². The van der Waals surface area contributed by atoms with Crippen LogP contribution in [0.3, 0.4) is 0 Å². The first-order valence-corrected chi connectivity index (χ1v) is 8.45. The van der Waals surface area contributed by atoms with Gasteiger partial charge in [0.1, 0.15) is 0 Å². The predicted octanol–water partition coefficient (Wildman–Crippen LogP) is 3.67. The predicted molar refractivity (Wildman–Crippen MR) is 96.0 cm³/mol. The van der Waals surface area contributed by atoms with Gasteiger partial charge in [-0.05, 0) is 36.7 Å². The van der Waals surface area contributed by atoms with Crippen LogP contribution in [0.15, 0.2) is 24.3 Å². The van der Waals surface area contributed by atoms with E-state index in [9.17, 15) is 4.79 Å². The Balaban J connectivity index is 2.34. The van der Waals surface area contributed by atoms with Crippen molar-refractivity contribution in [2.75, 3.05) is 6.54 Å². The van der Waals surface area contributed by atoms with E-state index in [2.05, 4.69) is 30.0 Å². The molecule has 0 aliphatic carbocycles. The van der Waals surface area contributed by atoms with Crippen LogP contribution in [0.2, 0.25) is 5.02 Å². The zero-order valence-corrected chi connectivity index (χ0v) is 14.7. The van der Waals surface area contributed by atoms with Crippen LogP contribution in [0, 0.1) is 5.92 Å². The Hall–Kier alpha value is -1.33. The normalized spacial score (nSPS) is 11.6. The molecule has 1 atom stereocenters. The quantitative estimate of drug-likeness (QED) is 0.523. The van der Waals surface area contributed by atoms with Crippen molar-refractivity contribution < 1.29 is 4.79 Å². The van der Waals surface area contributed by atoms with Crippen molar-refractivity contribution in [3.8, 4) is 0 Å². The number of rotatable bonds is 7. The van der Waals surface area contributed by atoms with Crippen LogP contribution in [-0.4, -0.2) is 17.6 Å². The second kappa shape index (κ2) is 10.4. The summed E-state index contributed by atoms with van der Waals surface area (Å²) in [5, 5.41) is 3.96. The fourth-order valence-corrected chi connectivity index (χ4v) is 2.41. The zero-order chi connectivity index (χ0) is 16.4. The molecule has 0 bridgehead atoms. The first-order valence-electron chi connectivity index (χ1n) is 7.67. The number of nitrogens with one attached hydrogen (secondary N) is 3. The molecule has 22 heavy (non-hydrogen) atoms. The Labute approximate surface area is 143 Å². The molecule has 0 saturated heterocycles. The number of halogens is 1. The molecule has 122 valence electrons. The molecule has 0 radical (unpaired) electrons. The van der Waals surface area contributed by atoms with Crippen LogP contribution < -0.4 is 16.2 Å². The summed E-state index contributed by atoms with van der Waals surface area (Å²) in [6.45, 7) is 5.18. The molecule has 3 N–H and O–H groups in total. The van der Waals surface area contributed by atoms with Gasteiger partial charge in [-0.1, -0.05) is 56.8 Å². The highest BCUT2D eigenvalue weighted by molar-refractivity contribution is 7.80. The molecule has 0 saturated carbocycles. The summed E-state index contributed by atoms with van der Waals surface area (Å²) in [4.78, 5) is 12.0. The smallest absolute Gasteiger partial charge is 0.271 e. The molecule has 0 aliphatic heterocycles. The van der Waals surface area contributed by atoms with Gasteiger partial charge in [-0.3, -0.25) is 15.6 Å². The second-order valence-electron chi connectivity index (χ2n) is 5.19. The van der Waals surface area contributed by atoms with Gasteiger partial charge in [0.2, 0.25) is 0 Å². The molecule has 1 amide bonds. The summed E-state index contributed by atoms with van der Waals surface area (Å²) in [7, 11) is 0. The largest absolute Gasteiger partial charge is 0.361 e. The zero-order valence-electron chi connectivity index (χ0n) is 13.1. The van der Waals surface area contributed by atoms with Crippen molar-refractivity contribution in [3.05, 3.63) is 34.9 Å². The Morgan fingerprint density at radius 1 is 1.27 bits per heavy atom. The third-order valence-electron chi connectivity index (χ3n) is 3.50. The molecule has 4 nitrogen and oxygen atoms in total. The van der Waals surface area contributed by atoms with Crippen LogP contribution in [0.4, 0.5) is 0 Å². The monoisotopic (exact) mass is 341 g/mol. The number of carbonyl (C=O) groups is 1. The van der Waals surface area contributed by atoms with Gasteiger partial charge in [-0.15, -0.1) is 0 Å². The minimum atomic E-state index is -0.312. The van der Waals surface area contributed by atoms with E-state index in [1.54, 1.807) is 24.3 Å². The molecule has 0 unspecified atom stereocenters. The molecule has 1 aromatic rings. The summed E-state index contributed by atoms with van der Waals surface area (Å²) < 4.78 is 0. The first-order chi connectivity index (χ1) is 10.6. The number of hydrazine groups is 1. The Kier molecular flexibility index (Phi) is 8.85. The molecule has 6 heteroatoms. The molecule has 0 spiro atoms. The van der Waals surface area contributed by atoms with Crippen LogP contribution in [0.1, 0.15) is 49.9 Å². The van der Waals surface area contributed by atoms with Gasteiger partial charge in [-0.25, -0.2) is 0 Å². The van der Waals surface area contributed by atoms with Gasteiger partial charge in [0.05, 0.1) is 10.6 Å². The first kappa shape index (κ1) is 18.7. The summed E-state index contributed by atoms with van der Waals surface area (Å²) in [6.07, 6.45) is 4.73. The molecule has 1 aromatic carbocycles. The van der Waals surface area contributed by atoms with E-state index in [1.807, 2.05) is 0 Å². The summed E-state index contributed by atoms with van der Waals surface area (Å²) in [6, 6.07) is 6.87. The van der Waals surface area contributed by atoms with Crippen molar-refractivity contribution >= 4 is 34.8 Å². The molecule has 0 aromatic heterocycles. The highest BCUT2D eigenvalue weighted by Crippen LogP contribution is 2.14. The van der Waals surface area contributed by atoms with Crippen LogP contribution in [-0.2, 0) is 0 Å². The van der Waals surface area contributed by atoms with Crippen LogP contribution in [0.5, 0.6) is 0 Å². The number of amides is 1. The standard InChI is InChI=1S/C16H24ClN3OS/c1-3-5-8-12(4-2)11-18-16(22)20-19-15(21)13-9-6-7-10-14(13)17/h6-7,9-10,12H,3-5,8,11H2,1-2H3,(H,19,21)(H2,18,20,22)/t12-/m1/s1. The number of thiocarbonyl (C=S) groups is 1. The van der Waals surface area contributed by atoms with E-state index in [-0.39, 0.29) is 5.91 Å². The van der Waals surface area contributed by atoms with Crippen molar-refractivity contribution in [3.63, 3.8) is 0 Å². The van der Waals surface area contributed by atoms with E-state index >= 15 is 0 Å². The summed E-state index contributed by atoms with van der Waals surface area (Å²) in [5.41, 5.74) is 5.66. The highest BCUT2D eigenvalue weighted by Gasteiger charge is 2.10. The molecule has 1 rings (SSSR count). The van der Waals surface area contributed by atoms with Crippen molar-refractivity contribution in [1.82, 2.24) is 16.2 Å². The molecule has 0 aliphatic rings. The van der Waals surface area contributed by atoms with Gasteiger partial charge in [0, 0.05) is 6.54 Å². The average Bonchev–Trinajstić information content (AvgIpc) is 2.53. The van der Waals surface area contributed by atoms with E-state index in [4.69, 9.17) is 23.8 Å². The van der Waals surface area contributed by atoms with E-state index in [1.165, 1.54) is 19.3 Å². The van der Waals surface area contributed by atoms with Crippen LogP contribution in [0.25, 0.3) is 0 Å². The molecular weight excluding hydrogens is 318 g/mol. The number of hydrogen-bond donors (Lipinski definition) is 3. The third-order valence-corrected chi connectivity index (χ3v) is 4.08. The summed E-state index contributed by atoms with van der Waals surface area (Å²) >= 11 is 11.1. The van der Waals surface area contributed by atoms with Crippen LogP contribution >= 0.6 is 23.8 Å².